The maximum atomic E-state index is 12.9. The number of esters is 1. The van der Waals surface area contributed by atoms with Gasteiger partial charge in [0.05, 0.1) is 17.6 Å². The number of nitrogens with zero attached hydrogens (tertiary/aromatic N) is 1. The molecule has 0 N–H and O–H groups in total. The van der Waals surface area contributed by atoms with Gasteiger partial charge in [0, 0.05) is 18.0 Å². The lowest BCUT2D eigenvalue weighted by Crippen LogP contribution is -2.36. The van der Waals surface area contributed by atoms with Gasteiger partial charge in [0.2, 0.25) is 10.0 Å². The third-order valence-electron chi connectivity index (χ3n) is 3.68. The predicted molar refractivity (Wildman–Crippen MR) is 83.4 cm³/mol. The summed E-state index contributed by atoms with van der Waals surface area (Å²) < 4.78 is 31.9. The van der Waals surface area contributed by atoms with Crippen molar-refractivity contribution in [3.05, 3.63) is 51.7 Å². The molecule has 0 bridgehead atoms. The molecule has 22 heavy (non-hydrogen) atoms. The fourth-order valence-electron chi connectivity index (χ4n) is 2.54. The van der Waals surface area contributed by atoms with Crippen LogP contribution in [0, 0.1) is 0 Å². The average Bonchev–Trinajstić information content (AvgIpc) is 3.01. The number of rotatable bonds is 3. The quantitative estimate of drug-likeness (QED) is 0.806. The Labute approximate surface area is 133 Å². The molecular weight excluding hydrogens is 322 g/mol. The Balaban J connectivity index is 2.00. The predicted octanol–water partition coefficient (Wildman–Crippen LogP) is 2.28. The zero-order valence-electron chi connectivity index (χ0n) is 12.0. The lowest BCUT2D eigenvalue weighted by atomic mass is 10.1. The normalized spacial score (nSPS) is 15.3. The molecular formula is C15H15NO4S2. The Morgan fingerprint density at radius 3 is 2.82 bits per heavy atom. The SMILES string of the molecule is COC(=O)c1ccccc1S(=O)(=O)N1CCc2sccc2C1. The van der Waals surface area contributed by atoms with E-state index in [0.29, 0.717) is 19.5 Å². The number of methoxy groups -OCH3 is 1. The lowest BCUT2D eigenvalue weighted by Gasteiger charge is -2.26. The molecule has 1 aliphatic heterocycles. The van der Waals surface area contributed by atoms with Crippen LogP contribution in [0.4, 0.5) is 0 Å². The first-order chi connectivity index (χ1) is 10.5. The van der Waals surface area contributed by atoms with Gasteiger partial charge in [-0.05, 0) is 35.6 Å². The molecule has 0 aliphatic carbocycles. The summed E-state index contributed by atoms with van der Waals surface area (Å²) >= 11 is 1.65. The third kappa shape index (κ3) is 2.55. The molecule has 1 aromatic heterocycles. The molecule has 0 atom stereocenters. The Morgan fingerprint density at radius 1 is 1.27 bits per heavy atom. The Kier molecular flexibility index (Phi) is 4.03. The van der Waals surface area contributed by atoms with Gasteiger partial charge in [0.1, 0.15) is 0 Å². The van der Waals surface area contributed by atoms with Crippen molar-refractivity contribution in [2.75, 3.05) is 13.7 Å². The second-order valence-electron chi connectivity index (χ2n) is 4.95. The van der Waals surface area contributed by atoms with Crippen molar-refractivity contribution in [2.45, 2.75) is 17.9 Å². The van der Waals surface area contributed by atoms with Crippen molar-refractivity contribution in [1.29, 1.82) is 0 Å². The number of benzene rings is 1. The maximum absolute atomic E-state index is 12.9. The highest BCUT2D eigenvalue weighted by Gasteiger charge is 2.31. The maximum Gasteiger partial charge on any atom is 0.339 e. The second-order valence-corrected chi connectivity index (χ2v) is 7.85. The number of hydrogen-bond acceptors (Lipinski definition) is 5. The first-order valence-corrected chi connectivity index (χ1v) is 9.08. The van der Waals surface area contributed by atoms with Crippen molar-refractivity contribution in [1.82, 2.24) is 4.31 Å². The van der Waals surface area contributed by atoms with Crippen LogP contribution in [0.2, 0.25) is 0 Å². The van der Waals surface area contributed by atoms with Crippen LogP contribution in [0.1, 0.15) is 20.8 Å². The largest absolute Gasteiger partial charge is 0.465 e. The van der Waals surface area contributed by atoms with Gasteiger partial charge < -0.3 is 4.74 Å². The van der Waals surface area contributed by atoms with E-state index < -0.39 is 16.0 Å². The van der Waals surface area contributed by atoms with Crippen LogP contribution in [0.25, 0.3) is 0 Å². The highest BCUT2D eigenvalue weighted by atomic mass is 32.2. The van der Waals surface area contributed by atoms with Crippen molar-refractivity contribution in [3.63, 3.8) is 0 Å². The third-order valence-corrected chi connectivity index (χ3v) is 6.61. The monoisotopic (exact) mass is 337 g/mol. The van der Waals surface area contributed by atoms with Crippen molar-refractivity contribution >= 4 is 27.3 Å². The molecule has 0 saturated heterocycles. The summed E-state index contributed by atoms with van der Waals surface area (Å²) in [5.74, 6) is -0.646. The van der Waals surface area contributed by atoms with Crippen LogP contribution in [0.3, 0.4) is 0 Å². The van der Waals surface area contributed by atoms with Crippen molar-refractivity contribution in [3.8, 4) is 0 Å². The molecule has 7 heteroatoms. The highest BCUT2D eigenvalue weighted by molar-refractivity contribution is 7.89. The first kappa shape index (κ1) is 15.2. The number of ether oxygens (including phenoxy) is 1. The zero-order chi connectivity index (χ0) is 15.7. The van der Waals surface area contributed by atoms with Gasteiger partial charge in [0.25, 0.3) is 0 Å². The van der Waals surface area contributed by atoms with E-state index in [1.54, 1.807) is 23.5 Å². The molecule has 0 fully saturated rings. The van der Waals surface area contributed by atoms with Gasteiger partial charge in [0.15, 0.2) is 0 Å². The average molecular weight is 337 g/mol. The van der Waals surface area contributed by atoms with Crippen LogP contribution >= 0.6 is 11.3 Å². The minimum Gasteiger partial charge on any atom is -0.465 e. The molecule has 0 spiro atoms. The van der Waals surface area contributed by atoms with Gasteiger partial charge in [-0.1, -0.05) is 12.1 Å². The smallest absolute Gasteiger partial charge is 0.339 e. The molecule has 116 valence electrons. The zero-order valence-corrected chi connectivity index (χ0v) is 13.6. The van der Waals surface area contributed by atoms with E-state index in [1.165, 1.54) is 28.4 Å². The molecule has 0 amide bonds. The Hall–Kier alpha value is -1.70. The number of carbonyl (C=O) groups is 1. The van der Waals surface area contributed by atoms with Crippen LogP contribution in [-0.4, -0.2) is 32.3 Å². The van der Waals surface area contributed by atoms with E-state index in [0.717, 1.165) is 5.56 Å². The molecule has 1 aliphatic rings. The summed E-state index contributed by atoms with van der Waals surface area (Å²) in [5, 5.41) is 1.98. The van der Waals surface area contributed by atoms with E-state index >= 15 is 0 Å². The van der Waals surface area contributed by atoms with E-state index in [1.807, 2.05) is 11.4 Å². The van der Waals surface area contributed by atoms with Crippen LogP contribution in [0.15, 0.2) is 40.6 Å². The Bertz CT molecular complexity index is 810. The molecule has 5 nitrogen and oxygen atoms in total. The first-order valence-electron chi connectivity index (χ1n) is 6.77. The van der Waals surface area contributed by atoms with Crippen LogP contribution in [-0.2, 0) is 27.7 Å². The number of hydrogen-bond donors (Lipinski definition) is 0. The summed E-state index contributed by atoms with van der Waals surface area (Å²) in [6.07, 6.45) is 0.701. The van der Waals surface area contributed by atoms with Crippen molar-refractivity contribution < 1.29 is 17.9 Å². The number of sulfonamides is 1. The molecule has 0 radical (unpaired) electrons. The van der Waals surface area contributed by atoms with Gasteiger partial charge in [-0.15, -0.1) is 11.3 Å². The summed E-state index contributed by atoms with van der Waals surface area (Å²) in [6.45, 7) is 0.766. The summed E-state index contributed by atoms with van der Waals surface area (Å²) in [6, 6.07) is 8.11. The van der Waals surface area contributed by atoms with Crippen LogP contribution in [0.5, 0.6) is 0 Å². The Morgan fingerprint density at radius 2 is 2.05 bits per heavy atom. The fourth-order valence-corrected chi connectivity index (χ4v) is 5.03. The molecule has 0 saturated carbocycles. The fraction of sp³-hybridized carbons (Fsp3) is 0.267. The van der Waals surface area contributed by atoms with Gasteiger partial charge in [-0.3, -0.25) is 0 Å². The summed E-state index contributed by atoms with van der Waals surface area (Å²) in [7, 11) is -2.49. The van der Waals surface area contributed by atoms with Gasteiger partial charge >= 0.3 is 5.97 Å². The number of fused-ring (bicyclic) bond motifs is 1. The van der Waals surface area contributed by atoms with Gasteiger partial charge in [-0.2, -0.15) is 4.31 Å². The number of carbonyl (C=O) groups excluding carboxylic acids is 1. The molecule has 3 rings (SSSR count). The topological polar surface area (TPSA) is 63.7 Å². The molecule has 2 aromatic rings. The number of thiophene rings is 1. The lowest BCUT2D eigenvalue weighted by molar-refractivity contribution is 0.0596. The molecule has 0 unspecified atom stereocenters. The van der Waals surface area contributed by atoms with Gasteiger partial charge in [-0.25, -0.2) is 13.2 Å². The van der Waals surface area contributed by atoms with Crippen LogP contribution < -0.4 is 0 Å². The summed E-state index contributed by atoms with van der Waals surface area (Å²) in [4.78, 5) is 13.0. The minimum atomic E-state index is -3.73. The highest BCUT2D eigenvalue weighted by Crippen LogP contribution is 2.29. The molecule has 1 aromatic carbocycles. The van der Waals surface area contributed by atoms with E-state index in [9.17, 15) is 13.2 Å². The van der Waals surface area contributed by atoms with E-state index in [4.69, 9.17) is 0 Å². The minimum absolute atomic E-state index is 0.000490. The van der Waals surface area contributed by atoms with Crippen molar-refractivity contribution in [2.24, 2.45) is 0 Å². The summed E-state index contributed by atoms with van der Waals surface area (Å²) in [5.41, 5.74) is 1.11. The van der Waals surface area contributed by atoms with E-state index in [-0.39, 0.29) is 10.5 Å². The van der Waals surface area contributed by atoms with E-state index in [2.05, 4.69) is 4.74 Å². The standard InChI is InChI=1S/C15H15NO4S2/c1-20-15(17)12-4-2-3-5-14(12)22(18,19)16-8-6-13-11(10-16)7-9-21-13/h2-5,7,9H,6,8,10H2,1H3. The molecule has 2 heterocycles. The second kappa shape index (κ2) is 5.83.